The molecule has 0 spiro atoms. The average Bonchev–Trinajstić information content (AvgIpc) is 2.60. The second kappa shape index (κ2) is 8.53. The highest BCUT2D eigenvalue weighted by molar-refractivity contribution is 8.01. The summed E-state index contributed by atoms with van der Waals surface area (Å²) >= 11 is -0.624. The van der Waals surface area contributed by atoms with Crippen LogP contribution in [0, 0.1) is 0 Å². The van der Waals surface area contributed by atoms with Crippen LogP contribution >= 0.6 is 11.8 Å². The molecule has 0 amide bonds. The Labute approximate surface area is 190 Å². The number of thioether (sulfide) groups is 1. The molecule has 0 bridgehead atoms. The molecule has 0 unspecified atom stereocenters. The Balaban J connectivity index is 2.46. The first-order chi connectivity index (χ1) is 14.3. The third-order valence-corrected chi connectivity index (χ3v) is 6.72. The van der Waals surface area contributed by atoms with Crippen LogP contribution in [0.1, 0.15) is 52.7 Å². The van der Waals surface area contributed by atoms with Gasteiger partial charge in [0.1, 0.15) is 11.5 Å². The number of ether oxygens (including phenoxy) is 1. The largest absolute Gasteiger partial charge is 0.457 e. The van der Waals surface area contributed by atoms with Gasteiger partial charge in [-0.2, -0.15) is 26.0 Å². The van der Waals surface area contributed by atoms with Gasteiger partial charge < -0.3 is 4.74 Å². The summed E-state index contributed by atoms with van der Waals surface area (Å²) in [5.41, 5.74) is 0.377. The molecule has 0 atom stereocenters. The number of alkyl halides is 4. The summed E-state index contributed by atoms with van der Waals surface area (Å²) in [5, 5.41) is -10.8. The van der Waals surface area contributed by atoms with Crippen molar-refractivity contribution < 1.29 is 35.3 Å². The number of hydrogen-bond donors (Lipinski definition) is 1. The molecule has 32 heavy (non-hydrogen) atoms. The maximum Gasteiger partial charge on any atom is 0.442 e. The minimum absolute atomic E-state index is 0.125. The Hall–Kier alpha value is -1.78. The molecular formula is C22H26F4O4S2. The lowest BCUT2D eigenvalue weighted by Gasteiger charge is -2.27. The maximum absolute atomic E-state index is 14.2. The minimum atomic E-state index is -6.32. The molecule has 2 rings (SSSR count). The standard InChI is InChI=1S/C22H26F4O4S2/c1-19(2,3)14-8-7-9-15(12-14)30-16-10-11-18(17(13-16)20(4,5)6)31-21(23,24)22(25,26)32(27,28)29/h7-13H,1-6H3,(H,27,28,29). The Morgan fingerprint density at radius 2 is 1.41 bits per heavy atom. The second-order valence-corrected chi connectivity index (χ2v) is 12.0. The fourth-order valence-corrected chi connectivity index (χ4v) is 4.50. The smallest absolute Gasteiger partial charge is 0.442 e. The highest BCUT2D eigenvalue weighted by Gasteiger charge is 2.66. The van der Waals surface area contributed by atoms with Gasteiger partial charge in [-0.3, -0.25) is 4.55 Å². The van der Waals surface area contributed by atoms with Crippen LogP contribution in [-0.4, -0.2) is 23.5 Å². The van der Waals surface area contributed by atoms with Gasteiger partial charge in [-0.25, -0.2) is 0 Å². The topological polar surface area (TPSA) is 63.6 Å². The molecular weight excluding hydrogens is 468 g/mol. The van der Waals surface area contributed by atoms with E-state index in [0.29, 0.717) is 11.5 Å². The van der Waals surface area contributed by atoms with Crippen LogP contribution in [0.25, 0.3) is 0 Å². The number of benzene rings is 2. The first-order valence-corrected chi connectivity index (χ1v) is 11.9. The van der Waals surface area contributed by atoms with Gasteiger partial charge in [-0.1, -0.05) is 53.7 Å². The van der Waals surface area contributed by atoms with Gasteiger partial charge in [0.25, 0.3) is 0 Å². The average molecular weight is 495 g/mol. The van der Waals surface area contributed by atoms with Gasteiger partial charge in [0.15, 0.2) is 0 Å². The summed E-state index contributed by atoms with van der Waals surface area (Å²) < 4.78 is 91.9. The van der Waals surface area contributed by atoms with Gasteiger partial charge >= 0.3 is 20.6 Å². The first kappa shape index (κ1) is 26.5. The van der Waals surface area contributed by atoms with Crippen molar-refractivity contribution in [1.82, 2.24) is 0 Å². The lowest BCUT2D eigenvalue weighted by atomic mass is 9.87. The molecule has 0 radical (unpaired) electrons. The van der Waals surface area contributed by atoms with Crippen LogP contribution in [0.5, 0.6) is 11.5 Å². The third kappa shape index (κ3) is 5.77. The molecule has 10 heteroatoms. The molecule has 0 aliphatic carbocycles. The molecule has 0 aliphatic heterocycles. The zero-order valence-corrected chi connectivity index (χ0v) is 20.2. The van der Waals surface area contributed by atoms with Gasteiger partial charge in [-0.05, 0) is 64.1 Å². The van der Waals surface area contributed by atoms with E-state index < -0.39 is 37.8 Å². The van der Waals surface area contributed by atoms with Crippen molar-refractivity contribution >= 4 is 21.9 Å². The molecule has 178 valence electrons. The lowest BCUT2D eigenvalue weighted by molar-refractivity contribution is -0.0946. The number of halogens is 4. The monoisotopic (exact) mass is 494 g/mol. The molecule has 2 aromatic carbocycles. The SMILES string of the molecule is CC(C)(C)c1cccc(Oc2ccc(SC(F)(F)C(F)(F)S(=O)(=O)O)c(C(C)(C)C)c2)c1. The highest BCUT2D eigenvalue weighted by atomic mass is 32.2. The fourth-order valence-electron chi connectivity index (χ4n) is 2.76. The summed E-state index contributed by atoms with van der Waals surface area (Å²) in [6, 6.07) is 11.3. The molecule has 0 saturated carbocycles. The van der Waals surface area contributed by atoms with Crippen LogP contribution < -0.4 is 4.74 Å². The summed E-state index contributed by atoms with van der Waals surface area (Å²) in [6.07, 6.45) is 0. The Morgan fingerprint density at radius 1 is 0.844 bits per heavy atom. The van der Waals surface area contributed by atoms with E-state index in [1.807, 2.05) is 39.0 Å². The van der Waals surface area contributed by atoms with E-state index in [0.717, 1.165) is 5.56 Å². The van der Waals surface area contributed by atoms with Gasteiger partial charge in [0, 0.05) is 4.90 Å². The van der Waals surface area contributed by atoms with Crippen molar-refractivity contribution in [2.24, 2.45) is 0 Å². The number of hydrogen-bond acceptors (Lipinski definition) is 4. The summed E-state index contributed by atoms with van der Waals surface area (Å²) in [5.74, 6) is 0.816. The van der Waals surface area contributed by atoms with Crippen LogP contribution in [0.4, 0.5) is 17.6 Å². The maximum atomic E-state index is 14.2. The number of rotatable bonds is 6. The molecule has 2 aromatic rings. The molecule has 0 saturated heterocycles. The molecule has 0 heterocycles. The van der Waals surface area contributed by atoms with E-state index in [1.165, 1.54) is 18.2 Å². The molecule has 0 aliphatic rings. The quantitative estimate of drug-likeness (QED) is 0.261. The zero-order valence-electron chi connectivity index (χ0n) is 18.5. The van der Waals surface area contributed by atoms with Crippen LogP contribution in [0.15, 0.2) is 47.4 Å². The van der Waals surface area contributed by atoms with E-state index in [-0.39, 0.29) is 15.9 Å². The second-order valence-electron chi connectivity index (χ2n) is 9.40. The third-order valence-electron chi connectivity index (χ3n) is 4.60. The minimum Gasteiger partial charge on any atom is -0.457 e. The van der Waals surface area contributed by atoms with E-state index >= 15 is 0 Å². The molecule has 4 nitrogen and oxygen atoms in total. The van der Waals surface area contributed by atoms with Crippen molar-refractivity contribution in [2.45, 2.75) is 67.8 Å². The van der Waals surface area contributed by atoms with Crippen molar-refractivity contribution in [3.63, 3.8) is 0 Å². The first-order valence-electron chi connectivity index (χ1n) is 9.60. The fraction of sp³-hybridized carbons (Fsp3) is 0.455. The van der Waals surface area contributed by atoms with E-state index in [2.05, 4.69) is 0 Å². The van der Waals surface area contributed by atoms with E-state index in [9.17, 15) is 26.0 Å². The Morgan fingerprint density at radius 3 is 1.91 bits per heavy atom. The van der Waals surface area contributed by atoms with Gasteiger partial charge in [-0.15, -0.1) is 0 Å². The lowest BCUT2D eigenvalue weighted by Crippen LogP contribution is -2.44. The Kier molecular flexibility index (Phi) is 7.06. The van der Waals surface area contributed by atoms with Crippen molar-refractivity contribution in [2.75, 3.05) is 0 Å². The van der Waals surface area contributed by atoms with Crippen molar-refractivity contribution in [1.29, 1.82) is 0 Å². The highest BCUT2D eigenvalue weighted by Crippen LogP contribution is 2.51. The van der Waals surface area contributed by atoms with Crippen LogP contribution in [0.2, 0.25) is 0 Å². The van der Waals surface area contributed by atoms with Crippen molar-refractivity contribution in [3.05, 3.63) is 53.6 Å². The summed E-state index contributed by atoms with van der Waals surface area (Å²) in [6.45, 7) is 11.2. The zero-order chi connectivity index (χ0) is 24.8. The van der Waals surface area contributed by atoms with Gasteiger partial charge in [0.05, 0.1) is 0 Å². The van der Waals surface area contributed by atoms with Crippen LogP contribution in [0.3, 0.4) is 0 Å². The van der Waals surface area contributed by atoms with E-state index in [1.54, 1.807) is 26.8 Å². The predicted octanol–water partition coefficient (Wildman–Crippen LogP) is 7.24. The van der Waals surface area contributed by atoms with Crippen LogP contribution in [-0.2, 0) is 20.9 Å². The van der Waals surface area contributed by atoms with Crippen molar-refractivity contribution in [3.8, 4) is 11.5 Å². The normalized spacial score (nSPS) is 13.8. The van der Waals surface area contributed by atoms with E-state index in [4.69, 9.17) is 9.29 Å². The predicted molar refractivity (Wildman–Crippen MR) is 118 cm³/mol. The summed E-state index contributed by atoms with van der Waals surface area (Å²) in [4.78, 5) is -0.262. The molecule has 1 N–H and O–H groups in total. The van der Waals surface area contributed by atoms with Gasteiger partial charge in [0.2, 0.25) is 0 Å². The summed E-state index contributed by atoms with van der Waals surface area (Å²) in [7, 11) is -6.32. The molecule has 0 fully saturated rings. The Bertz CT molecular complexity index is 1090. The molecule has 0 aromatic heterocycles.